The fraction of sp³-hybridized carbons (Fsp3) is 0.250. The monoisotopic (exact) mass is 337 g/mol. The minimum Gasteiger partial charge on any atom is -0.493 e. The molecule has 3 rings (SSSR count). The van der Waals surface area contributed by atoms with Crippen molar-refractivity contribution in [3.63, 3.8) is 0 Å². The van der Waals surface area contributed by atoms with E-state index in [1.54, 1.807) is 13.2 Å². The van der Waals surface area contributed by atoms with Gasteiger partial charge in [-0.1, -0.05) is 24.3 Å². The number of methoxy groups -OCH3 is 1. The molecule has 1 atom stereocenters. The van der Waals surface area contributed by atoms with E-state index in [2.05, 4.69) is 4.72 Å². The zero-order valence-corrected chi connectivity index (χ0v) is 13.3. The van der Waals surface area contributed by atoms with Gasteiger partial charge in [0.1, 0.15) is 17.3 Å². The van der Waals surface area contributed by atoms with Crippen molar-refractivity contribution in [2.45, 2.75) is 17.4 Å². The fourth-order valence-electron chi connectivity index (χ4n) is 2.58. The number of sulfonamides is 1. The van der Waals surface area contributed by atoms with Crippen molar-refractivity contribution in [1.82, 2.24) is 4.72 Å². The molecule has 122 valence electrons. The number of nitrogens with one attached hydrogen (secondary N) is 1. The summed E-state index contributed by atoms with van der Waals surface area (Å²) in [5.41, 5.74) is 0.844. The minimum absolute atomic E-state index is 0.154. The van der Waals surface area contributed by atoms with Crippen LogP contribution in [0.4, 0.5) is 4.39 Å². The smallest absolute Gasteiger partial charge is 0.243 e. The molecule has 0 saturated carbocycles. The van der Waals surface area contributed by atoms with Gasteiger partial charge in [-0.05, 0) is 30.2 Å². The molecule has 7 heteroatoms. The summed E-state index contributed by atoms with van der Waals surface area (Å²) >= 11 is 0. The Balaban J connectivity index is 1.81. The van der Waals surface area contributed by atoms with Crippen LogP contribution in [-0.2, 0) is 16.4 Å². The molecule has 0 radical (unpaired) electrons. The zero-order valence-electron chi connectivity index (χ0n) is 12.5. The Morgan fingerprint density at radius 1 is 1.22 bits per heavy atom. The van der Waals surface area contributed by atoms with Crippen molar-refractivity contribution in [2.24, 2.45) is 0 Å². The number of hydrogen-bond donors (Lipinski definition) is 1. The van der Waals surface area contributed by atoms with Crippen LogP contribution in [0.2, 0.25) is 0 Å². The number of rotatable bonds is 4. The molecule has 2 aromatic rings. The van der Waals surface area contributed by atoms with E-state index in [9.17, 15) is 12.8 Å². The molecule has 0 spiro atoms. The molecule has 1 N–H and O–H groups in total. The van der Waals surface area contributed by atoms with Crippen molar-refractivity contribution in [3.8, 4) is 11.5 Å². The highest BCUT2D eigenvalue weighted by Crippen LogP contribution is 2.34. The molecule has 1 aliphatic heterocycles. The van der Waals surface area contributed by atoms with Gasteiger partial charge < -0.3 is 9.47 Å². The molecule has 0 aliphatic carbocycles. The Bertz CT molecular complexity index is 823. The molecular formula is C16H16FNO4S. The van der Waals surface area contributed by atoms with Gasteiger partial charge in [0, 0.05) is 0 Å². The first kappa shape index (κ1) is 15.8. The Morgan fingerprint density at radius 3 is 2.74 bits per heavy atom. The molecule has 0 unspecified atom stereocenters. The Labute approximate surface area is 134 Å². The van der Waals surface area contributed by atoms with Gasteiger partial charge in [0.05, 0.1) is 13.2 Å². The Hall–Kier alpha value is -2.12. The summed E-state index contributed by atoms with van der Waals surface area (Å²) in [5.74, 6) is 0.452. The van der Waals surface area contributed by atoms with Gasteiger partial charge in [0.25, 0.3) is 0 Å². The summed E-state index contributed by atoms with van der Waals surface area (Å²) in [6.45, 7) is 0.154. The minimum atomic E-state index is -3.95. The number of fused-ring (bicyclic) bond motifs is 1. The maximum absolute atomic E-state index is 13.7. The molecular weight excluding hydrogens is 321 g/mol. The van der Waals surface area contributed by atoms with Gasteiger partial charge >= 0.3 is 0 Å². The number of para-hydroxylation sites is 1. The van der Waals surface area contributed by atoms with Crippen LogP contribution < -0.4 is 14.2 Å². The number of benzene rings is 2. The lowest BCUT2D eigenvalue weighted by atomic mass is 10.0. The maximum atomic E-state index is 13.7. The van der Waals surface area contributed by atoms with E-state index in [1.807, 2.05) is 12.1 Å². The lowest BCUT2D eigenvalue weighted by Gasteiger charge is -2.27. The van der Waals surface area contributed by atoms with Crippen molar-refractivity contribution in [1.29, 1.82) is 0 Å². The lowest BCUT2D eigenvalue weighted by Crippen LogP contribution is -2.42. The average molecular weight is 337 g/mol. The molecule has 0 fully saturated rings. The number of ether oxygens (including phenoxy) is 2. The van der Waals surface area contributed by atoms with Gasteiger partial charge in [-0.25, -0.2) is 17.5 Å². The van der Waals surface area contributed by atoms with Gasteiger partial charge in [0.2, 0.25) is 10.0 Å². The van der Waals surface area contributed by atoms with E-state index in [0.717, 1.165) is 11.6 Å². The summed E-state index contributed by atoms with van der Waals surface area (Å²) in [4.78, 5) is -0.364. The van der Waals surface area contributed by atoms with E-state index in [0.29, 0.717) is 17.9 Å². The van der Waals surface area contributed by atoms with Gasteiger partial charge in [-0.3, -0.25) is 0 Å². The second-order valence-corrected chi connectivity index (χ2v) is 6.89. The first-order valence-electron chi connectivity index (χ1n) is 7.07. The SMILES string of the molecule is COc1cccc2c1OC[C@H](NS(=O)(=O)c1ccccc1F)C2. The normalized spacial score (nSPS) is 17.2. The second-order valence-electron chi connectivity index (χ2n) is 5.21. The van der Waals surface area contributed by atoms with Crippen LogP contribution in [0, 0.1) is 5.82 Å². The molecule has 1 heterocycles. The molecule has 0 bridgehead atoms. The van der Waals surface area contributed by atoms with Crippen molar-refractivity contribution in [3.05, 3.63) is 53.8 Å². The summed E-state index contributed by atoms with van der Waals surface area (Å²) in [6, 6.07) is 10.2. The third kappa shape index (κ3) is 3.16. The van der Waals surface area contributed by atoms with E-state index >= 15 is 0 Å². The molecule has 1 aliphatic rings. The molecule has 2 aromatic carbocycles. The van der Waals surface area contributed by atoms with Crippen LogP contribution in [0.25, 0.3) is 0 Å². The highest BCUT2D eigenvalue weighted by Gasteiger charge is 2.28. The summed E-state index contributed by atoms with van der Waals surface area (Å²) in [7, 11) is -2.40. The van der Waals surface area contributed by atoms with Gasteiger partial charge in [-0.2, -0.15) is 0 Å². The molecule has 0 aromatic heterocycles. The van der Waals surface area contributed by atoms with Gasteiger partial charge in [0.15, 0.2) is 11.5 Å². The van der Waals surface area contributed by atoms with Gasteiger partial charge in [-0.15, -0.1) is 0 Å². The largest absolute Gasteiger partial charge is 0.493 e. The highest BCUT2D eigenvalue weighted by molar-refractivity contribution is 7.89. The fourth-order valence-corrected chi connectivity index (χ4v) is 3.88. The van der Waals surface area contributed by atoms with E-state index in [1.165, 1.54) is 18.2 Å². The van der Waals surface area contributed by atoms with Crippen molar-refractivity contribution < 1.29 is 22.3 Å². The first-order valence-corrected chi connectivity index (χ1v) is 8.55. The molecule has 23 heavy (non-hydrogen) atoms. The first-order chi connectivity index (χ1) is 11.0. The number of halogens is 1. The lowest BCUT2D eigenvalue weighted by molar-refractivity contribution is 0.240. The quantitative estimate of drug-likeness (QED) is 0.928. The van der Waals surface area contributed by atoms with Crippen molar-refractivity contribution in [2.75, 3.05) is 13.7 Å². The topological polar surface area (TPSA) is 64.6 Å². The summed E-state index contributed by atoms with van der Waals surface area (Å²) in [5, 5.41) is 0. The third-order valence-electron chi connectivity index (χ3n) is 3.62. The van der Waals surface area contributed by atoms with Crippen molar-refractivity contribution >= 4 is 10.0 Å². The third-order valence-corrected chi connectivity index (χ3v) is 5.18. The van der Waals surface area contributed by atoms with Crippen LogP contribution in [0.1, 0.15) is 5.56 Å². The maximum Gasteiger partial charge on any atom is 0.243 e. The van der Waals surface area contributed by atoms with Crippen LogP contribution in [0.3, 0.4) is 0 Å². The number of hydrogen-bond acceptors (Lipinski definition) is 4. The highest BCUT2D eigenvalue weighted by atomic mass is 32.2. The Kier molecular flexibility index (Phi) is 4.23. The summed E-state index contributed by atoms with van der Waals surface area (Å²) in [6.07, 6.45) is 0.445. The average Bonchev–Trinajstić information content (AvgIpc) is 2.54. The summed E-state index contributed by atoms with van der Waals surface area (Å²) < 4.78 is 51.7. The second kappa shape index (κ2) is 6.17. The molecule has 0 saturated heterocycles. The van der Waals surface area contributed by atoms with Crippen LogP contribution in [0.15, 0.2) is 47.4 Å². The standard InChI is InChI=1S/C16H16FNO4S/c1-21-14-7-4-5-11-9-12(10-22-16(11)14)18-23(19,20)15-8-3-2-6-13(15)17/h2-8,12,18H,9-10H2,1H3/t12-/m1/s1. The van der Waals surface area contributed by atoms with E-state index in [-0.39, 0.29) is 11.5 Å². The molecule has 0 amide bonds. The predicted molar refractivity (Wildman–Crippen MR) is 82.7 cm³/mol. The van der Waals surface area contributed by atoms with E-state index in [4.69, 9.17) is 9.47 Å². The van der Waals surface area contributed by atoms with E-state index < -0.39 is 21.9 Å². The van der Waals surface area contributed by atoms with Crippen LogP contribution in [-0.4, -0.2) is 28.2 Å². The van der Waals surface area contributed by atoms with Crippen LogP contribution in [0.5, 0.6) is 11.5 Å². The van der Waals surface area contributed by atoms with Crippen LogP contribution >= 0.6 is 0 Å². The predicted octanol–water partition coefficient (Wildman–Crippen LogP) is 2.12. The Morgan fingerprint density at radius 2 is 2.00 bits per heavy atom. The molecule has 5 nitrogen and oxygen atoms in total. The zero-order chi connectivity index (χ0) is 16.4.